The summed E-state index contributed by atoms with van der Waals surface area (Å²) in [6.45, 7) is 0. The van der Waals surface area contributed by atoms with Gasteiger partial charge >= 0.3 is 0 Å². The smallest absolute Gasteiger partial charge is 0.136 e. The van der Waals surface area contributed by atoms with E-state index in [2.05, 4.69) is 12.2 Å². The first-order valence-electron chi connectivity index (χ1n) is 4.79. The number of benzene rings is 1. The second-order valence-electron chi connectivity index (χ2n) is 3.64. The molecule has 0 fully saturated rings. The molecule has 2 nitrogen and oxygen atoms in total. The summed E-state index contributed by atoms with van der Waals surface area (Å²) in [5, 5.41) is 1.21. The van der Waals surface area contributed by atoms with Gasteiger partial charge in [0.15, 0.2) is 0 Å². The average Bonchev–Trinajstić information content (AvgIpc) is 2.54. The summed E-state index contributed by atoms with van der Waals surface area (Å²) >= 11 is 0. The Labute approximate surface area is 82.0 Å². The number of rotatable bonds is 0. The summed E-state index contributed by atoms with van der Waals surface area (Å²) in [4.78, 5) is 0. The van der Waals surface area contributed by atoms with Crippen molar-refractivity contribution in [1.29, 1.82) is 0 Å². The Balaban J connectivity index is 2.33. The van der Waals surface area contributed by atoms with E-state index in [0.29, 0.717) is 0 Å². The zero-order valence-electron chi connectivity index (χ0n) is 7.79. The van der Waals surface area contributed by atoms with Crippen molar-refractivity contribution in [3.63, 3.8) is 0 Å². The van der Waals surface area contributed by atoms with Gasteiger partial charge in [-0.25, -0.2) is 0 Å². The summed E-state index contributed by atoms with van der Waals surface area (Å²) < 4.78 is 5.74. The Bertz CT molecular complexity index is 522. The first kappa shape index (κ1) is 7.68. The average molecular weight is 185 g/mol. The van der Waals surface area contributed by atoms with Crippen molar-refractivity contribution in [2.75, 3.05) is 5.73 Å². The van der Waals surface area contributed by atoms with Crippen LogP contribution < -0.4 is 5.73 Å². The first-order valence-corrected chi connectivity index (χ1v) is 4.79. The molecule has 1 heterocycles. The molecule has 0 aliphatic heterocycles. The van der Waals surface area contributed by atoms with Crippen molar-refractivity contribution in [2.45, 2.75) is 12.8 Å². The molecule has 0 radical (unpaired) electrons. The molecule has 0 atom stereocenters. The molecule has 1 aliphatic rings. The monoisotopic (exact) mass is 185 g/mol. The Morgan fingerprint density at radius 1 is 1.14 bits per heavy atom. The molecule has 0 spiro atoms. The minimum absolute atomic E-state index is 0.761. The minimum atomic E-state index is 0.761. The van der Waals surface area contributed by atoms with Crippen LogP contribution in [0, 0.1) is 0 Å². The lowest BCUT2D eigenvalue weighted by atomic mass is 10.0. The standard InChI is InChI=1S/C12H11NO/c13-8-5-6-10-9-3-1-2-4-11(9)14-12(10)7-8/h1-2,5-7H,3-4,13H2. The van der Waals surface area contributed by atoms with Crippen LogP contribution in [0.15, 0.2) is 34.8 Å². The highest BCUT2D eigenvalue weighted by Crippen LogP contribution is 2.30. The second-order valence-corrected chi connectivity index (χ2v) is 3.64. The van der Waals surface area contributed by atoms with Crippen LogP contribution >= 0.6 is 0 Å². The van der Waals surface area contributed by atoms with Crippen molar-refractivity contribution in [3.8, 4) is 0 Å². The fourth-order valence-electron chi connectivity index (χ4n) is 2.00. The second kappa shape index (κ2) is 2.64. The van der Waals surface area contributed by atoms with Gasteiger partial charge in [-0.15, -0.1) is 0 Å². The van der Waals surface area contributed by atoms with Crippen LogP contribution in [0.5, 0.6) is 0 Å². The molecule has 0 unspecified atom stereocenters. The van der Waals surface area contributed by atoms with Gasteiger partial charge < -0.3 is 10.2 Å². The highest BCUT2D eigenvalue weighted by molar-refractivity contribution is 5.85. The van der Waals surface area contributed by atoms with Gasteiger partial charge in [0.2, 0.25) is 0 Å². The molecule has 70 valence electrons. The van der Waals surface area contributed by atoms with Gasteiger partial charge in [-0.1, -0.05) is 12.2 Å². The largest absolute Gasteiger partial charge is 0.460 e. The van der Waals surface area contributed by atoms with Gasteiger partial charge in [0, 0.05) is 29.1 Å². The Morgan fingerprint density at radius 2 is 2.00 bits per heavy atom. The summed E-state index contributed by atoms with van der Waals surface area (Å²) in [7, 11) is 0. The number of hydrogen-bond acceptors (Lipinski definition) is 2. The van der Waals surface area contributed by atoms with Crippen LogP contribution in [0.25, 0.3) is 11.0 Å². The van der Waals surface area contributed by atoms with Gasteiger partial charge in [0.1, 0.15) is 11.3 Å². The highest BCUT2D eigenvalue weighted by Gasteiger charge is 2.14. The third kappa shape index (κ3) is 0.970. The van der Waals surface area contributed by atoms with Crippen molar-refractivity contribution in [1.82, 2.24) is 0 Å². The zero-order valence-corrected chi connectivity index (χ0v) is 7.79. The van der Waals surface area contributed by atoms with Crippen LogP contribution in [-0.4, -0.2) is 0 Å². The van der Waals surface area contributed by atoms with Crippen molar-refractivity contribution >= 4 is 16.7 Å². The zero-order chi connectivity index (χ0) is 9.54. The Morgan fingerprint density at radius 3 is 2.93 bits per heavy atom. The molecule has 2 heteroatoms. The summed E-state index contributed by atoms with van der Waals surface area (Å²) in [5.74, 6) is 1.09. The van der Waals surface area contributed by atoms with Gasteiger partial charge in [0.05, 0.1) is 0 Å². The van der Waals surface area contributed by atoms with E-state index in [1.165, 1.54) is 10.9 Å². The summed E-state index contributed by atoms with van der Waals surface area (Å²) in [5.41, 5.74) is 8.70. The molecule has 3 rings (SSSR count). The van der Waals surface area contributed by atoms with Crippen LogP contribution in [0.3, 0.4) is 0 Å². The number of nitrogen functional groups attached to an aromatic ring is 1. The third-order valence-corrected chi connectivity index (χ3v) is 2.69. The van der Waals surface area contributed by atoms with E-state index in [4.69, 9.17) is 10.2 Å². The number of fused-ring (bicyclic) bond motifs is 3. The van der Waals surface area contributed by atoms with Crippen LogP contribution in [-0.2, 0) is 12.8 Å². The van der Waals surface area contributed by atoms with Gasteiger partial charge in [-0.05, 0) is 18.6 Å². The van der Waals surface area contributed by atoms with E-state index in [1.54, 1.807) is 0 Å². The molecular weight excluding hydrogens is 174 g/mol. The minimum Gasteiger partial charge on any atom is -0.460 e. The molecular formula is C12H11NO. The number of hydrogen-bond donors (Lipinski definition) is 1. The maximum absolute atomic E-state index is 5.74. The molecule has 2 N–H and O–H groups in total. The van der Waals surface area contributed by atoms with E-state index >= 15 is 0 Å². The lowest BCUT2D eigenvalue weighted by Crippen LogP contribution is -1.92. The molecule has 1 aromatic carbocycles. The fourth-order valence-corrected chi connectivity index (χ4v) is 2.00. The quantitative estimate of drug-likeness (QED) is 0.506. The van der Waals surface area contributed by atoms with Gasteiger partial charge in [0.25, 0.3) is 0 Å². The molecule has 1 aromatic heterocycles. The van der Waals surface area contributed by atoms with E-state index in [-0.39, 0.29) is 0 Å². The summed E-state index contributed by atoms with van der Waals surface area (Å²) in [6, 6.07) is 5.87. The third-order valence-electron chi connectivity index (χ3n) is 2.69. The van der Waals surface area contributed by atoms with E-state index in [1.807, 2.05) is 18.2 Å². The molecule has 0 amide bonds. The first-order chi connectivity index (χ1) is 6.84. The molecule has 0 bridgehead atoms. The molecule has 0 saturated heterocycles. The Kier molecular flexibility index (Phi) is 1.45. The van der Waals surface area contributed by atoms with Gasteiger partial charge in [-0.3, -0.25) is 0 Å². The lowest BCUT2D eigenvalue weighted by molar-refractivity contribution is 0.557. The summed E-state index contributed by atoms with van der Waals surface area (Å²) in [6.07, 6.45) is 6.22. The van der Waals surface area contributed by atoms with Crippen molar-refractivity contribution in [3.05, 3.63) is 41.7 Å². The van der Waals surface area contributed by atoms with Crippen LogP contribution in [0.2, 0.25) is 0 Å². The number of anilines is 1. The maximum atomic E-state index is 5.74. The normalized spacial score (nSPS) is 14.6. The van der Waals surface area contributed by atoms with E-state index < -0.39 is 0 Å². The molecule has 1 aliphatic carbocycles. The molecule has 14 heavy (non-hydrogen) atoms. The highest BCUT2D eigenvalue weighted by atomic mass is 16.3. The topological polar surface area (TPSA) is 39.2 Å². The number of allylic oxidation sites excluding steroid dienone is 2. The predicted octanol–water partition coefficient (Wildman–Crippen LogP) is 2.67. The van der Waals surface area contributed by atoms with Gasteiger partial charge in [-0.2, -0.15) is 0 Å². The van der Waals surface area contributed by atoms with Crippen molar-refractivity contribution < 1.29 is 4.42 Å². The van der Waals surface area contributed by atoms with E-state index in [9.17, 15) is 0 Å². The van der Waals surface area contributed by atoms with Crippen LogP contribution in [0.1, 0.15) is 11.3 Å². The predicted molar refractivity (Wildman–Crippen MR) is 57.2 cm³/mol. The maximum Gasteiger partial charge on any atom is 0.136 e. The molecule has 2 aromatic rings. The number of nitrogens with two attached hydrogens (primary N) is 1. The molecule has 0 saturated carbocycles. The van der Waals surface area contributed by atoms with E-state index in [0.717, 1.165) is 29.9 Å². The fraction of sp³-hybridized carbons (Fsp3) is 0.167. The Hall–Kier alpha value is -1.70. The van der Waals surface area contributed by atoms with Crippen LogP contribution in [0.4, 0.5) is 5.69 Å². The number of furan rings is 1. The lowest BCUT2D eigenvalue weighted by Gasteiger charge is -2.01. The van der Waals surface area contributed by atoms with Crippen molar-refractivity contribution in [2.24, 2.45) is 0 Å². The SMILES string of the molecule is Nc1ccc2c3c(oc2c1)CC=CC3.